The molecule has 0 atom stereocenters. The molecule has 2 amide bonds. The minimum Gasteiger partial charge on any atom is -0.347 e. The number of fused-ring (bicyclic) bond motifs is 1. The fraction of sp³-hybridized carbons (Fsp3) is 0.476. The second kappa shape index (κ2) is 9.01. The Labute approximate surface area is 166 Å². The Kier molecular flexibility index (Phi) is 6.46. The van der Waals surface area contributed by atoms with Gasteiger partial charge < -0.3 is 10.2 Å². The SMILES string of the molecule is CCN(CC)C(=O)CN1CCc2c(c(C(=O)NCc3ccccc3)nn2C)C1. The van der Waals surface area contributed by atoms with Gasteiger partial charge in [0.25, 0.3) is 5.91 Å². The highest BCUT2D eigenvalue weighted by atomic mass is 16.2. The number of aryl methyl sites for hydroxylation is 1. The third kappa shape index (κ3) is 4.42. The molecule has 7 nitrogen and oxygen atoms in total. The summed E-state index contributed by atoms with van der Waals surface area (Å²) in [6.07, 6.45) is 0.788. The Morgan fingerprint density at radius 1 is 1.18 bits per heavy atom. The molecule has 28 heavy (non-hydrogen) atoms. The molecule has 2 aromatic rings. The number of amides is 2. The molecule has 150 valence electrons. The second-order valence-corrected chi connectivity index (χ2v) is 7.09. The first kappa shape index (κ1) is 20.1. The third-order valence-corrected chi connectivity index (χ3v) is 5.31. The summed E-state index contributed by atoms with van der Waals surface area (Å²) in [6, 6.07) is 9.82. The van der Waals surface area contributed by atoms with Gasteiger partial charge in [-0.15, -0.1) is 0 Å². The van der Waals surface area contributed by atoms with Gasteiger partial charge in [0, 0.05) is 57.4 Å². The van der Waals surface area contributed by atoms with Crippen LogP contribution in [0.1, 0.15) is 41.2 Å². The fourth-order valence-corrected chi connectivity index (χ4v) is 3.70. The van der Waals surface area contributed by atoms with Gasteiger partial charge in [0.15, 0.2) is 5.69 Å². The summed E-state index contributed by atoms with van der Waals surface area (Å²) in [6.45, 7) is 7.63. The number of likely N-dealkylation sites (N-methyl/N-ethyl adjacent to an activating group) is 1. The summed E-state index contributed by atoms with van der Waals surface area (Å²) in [5.41, 5.74) is 3.53. The minimum absolute atomic E-state index is 0.132. The number of hydrogen-bond acceptors (Lipinski definition) is 4. The number of benzene rings is 1. The van der Waals surface area contributed by atoms with Gasteiger partial charge in [0.1, 0.15) is 0 Å². The summed E-state index contributed by atoms with van der Waals surface area (Å²) in [7, 11) is 1.88. The van der Waals surface area contributed by atoms with Crippen LogP contribution in [-0.2, 0) is 31.4 Å². The lowest BCUT2D eigenvalue weighted by atomic mass is 10.0. The summed E-state index contributed by atoms with van der Waals surface area (Å²) in [4.78, 5) is 29.2. The van der Waals surface area contributed by atoms with Gasteiger partial charge in [0.05, 0.1) is 6.54 Å². The number of carbonyl (C=O) groups excluding carboxylic acids is 2. The molecule has 0 spiro atoms. The molecule has 1 aromatic carbocycles. The molecular formula is C21H29N5O2. The van der Waals surface area contributed by atoms with Gasteiger partial charge in [-0.05, 0) is 19.4 Å². The van der Waals surface area contributed by atoms with Crippen molar-refractivity contribution in [3.8, 4) is 0 Å². The van der Waals surface area contributed by atoms with Crippen LogP contribution in [0.15, 0.2) is 30.3 Å². The number of aromatic nitrogens is 2. The predicted molar refractivity (Wildman–Crippen MR) is 108 cm³/mol. The molecular weight excluding hydrogens is 354 g/mol. The van der Waals surface area contributed by atoms with E-state index in [-0.39, 0.29) is 11.8 Å². The monoisotopic (exact) mass is 383 g/mol. The van der Waals surface area contributed by atoms with Crippen LogP contribution in [0.25, 0.3) is 0 Å². The van der Waals surface area contributed by atoms with E-state index < -0.39 is 0 Å². The molecule has 0 saturated heterocycles. The van der Waals surface area contributed by atoms with Gasteiger partial charge >= 0.3 is 0 Å². The maximum Gasteiger partial charge on any atom is 0.272 e. The molecule has 0 fully saturated rings. The lowest BCUT2D eigenvalue weighted by Crippen LogP contribution is -2.42. The van der Waals surface area contributed by atoms with E-state index in [4.69, 9.17) is 0 Å². The van der Waals surface area contributed by atoms with Crippen LogP contribution in [-0.4, -0.2) is 57.6 Å². The standard InChI is InChI=1S/C21H29N5O2/c1-4-26(5-2)19(27)15-25-12-11-18-17(14-25)20(23-24(18)3)21(28)22-13-16-9-7-6-8-10-16/h6-10H,4-5,11-15H2,1-3H3,(H,22,28). The zero-order chi connectivity index (χ0) is 20.1. The number of rotatable bonds is 7. The Hall–Kier alpha value is -2.67. The average Bonchev–Trinajstić information content (AvgIpc) is 3.04. The Morgan fingerprint density at radius 3 is 2.57 bits per heavy atom. The summed E-state index contributed by atoms with van der Waals surface area (Å²) < 4.78 is 1.80. The maximum atomic E-state index is 12.8. The molecule has 1 N–H and O–H groups in total. The average molecular weight is 383 g/mol. The van der Waals surface area contributed by atoms with Crippen molar-refractivity contribution in [1.82, 2.24) is 24.9 Å². The van der Waals surface area contributed by atoms with Gasteiger partial charge in [-0.3, -0.25) is 19.2 Å². The van der Waals surface area contributed by atoms with Crippen molar-refractivity contribution in [2.75, 3.05) is 26.2 Å². The summed E-state index contributed by atoms with van der Waals surface area (Å²) in [5.74, 6) is -0.0370. The fourth-order valence-electron chi connectivity index (χ4n) is 3.70. The highest BCUT2D eigenvalue weighted by molar-refractivity contribution is 5.94. The van der Waals surface area contributed by atoms with E-state index in [0.717, 1.165) is 29.8 Å². The molecule has 0 bridgehead atoms. The summed E-state index contributed by atoms with van der Waals surface area (Å²) >= 11 is 0. The molecule has 0 saturated carbocycles. The van der Waals surface area contributed by atoms with Crippen LogP contribution >= 0.6 is 0 Å². The lowest BCUT2D eigenvalue weighted by Gasteiger charge is -2.29. The molecule has 3 rings (SSSR count). The Morgan fingerprint density at radius 2 is 1.89 bits per heavy atom. The maximum absolute atomic E-state index is 12.8. The number of nitrogens with zero attached hydrogens (tertiary/aromatic N) is 4. The smallest absolute Gasteiger partial charge is 0.272 e. The first-order valence-corrected chi connectivity index (χ1v) is 9.90. The zero-order valence-corrected chi connectivity index (χ0v) is 16.9. The predicted octanol–water partition coefficient (Wildman–Crippen LogP) is 1.58. The van der Waals surface area contributed by atoms with Crippen LogP contribution in [0.3, 0.4) is 0 Å². The van der Waals surface area contributed by atoms with Crippen molar-refractivity contribution in [1.29, 1.82) is 0 Å². The first-order valence-electron chi connectivity index (χ1n) is 9.90. The normalized spacial score (nSPS) is 13.8. The zero-order valence-electron chi connectivity index (χ0n) is 16.9. The van der Waals surface area contributed by atoms with Crippen molar-refractivity contribution < 1.29 is 9.59 Å². The highest BCUT2D eigenvalue weighted by Gasteiger charge is 2.28. The van der Waals surface area contributed by atoms with Crippen LogP contribution in [0, 0.1) is 0 Å². The largest absolute Gasteiger partial charge is 0.347 e. The minimum atomic E-state index is -0.169. The molecule has 0 unspecified atom stereocenters. The number of nitrogens with one attached hydrogen (secondary N) is 1. The van der Waals surface area contributed by atoms with E-state index in [0.29, 0.717) is 38.4 Å². The van der Waals surface area contributed by atoms with Gasteiger partial charge in [-0.25, -0.2) is 0 Å². The van der Waals surface area contributed by atoms with Crippen LogP contribution in [0.5, 0.6) is 0 Å². The van der Waals surface area contributed by atoms with Crippen molar-refractivity contribution in [2.24, 2.45) is 7.05 Å². The van der Waals surface area contributed by atoms with E-state index in [1.807, 2.05) is 56.1 Å². The third-order valence-electron chi connectivity index (χ3n) is 5.31. The Balaban J connectivity index is 1.69. The van der Waals surface area contributed by atoms with Gasteiger partial charge in [-0.2, -0.15) is 5.10 Å². The van der Waals surface area contributed by atoms with Crippen molar-refractivity contribution >= 4 is 11.8 Å². The Bertz CT molecular complexity index is 827. The molecule has 0 radical (unpaired) electrons. The molecule has 7 heteroatoms. The molecule has 1 aliphatic rings. The molecule has 0 aliphatic carbocycles. The van der Waals surface area contributed by atoms with Gasteiger partial charge in [0.2, 0.25) is 5.91 Å². The van der Waals surface area contributed by atoms with E-state index in [2.05, 4.69) is 15.3 Å². The topological polar surface area (TPSA) is 70.5 Å². The number of carbonyl (C=O) groups is 2. The van der Waals surface area contributed by atoms with E-state index in [1.54, 1.807) is 4.68 Å². The van der Waals surface area contributed by atoms with Gasteiger partial charge in [-0.1, -0.05) is 30.3 Å². The lowest BCUT2D eigenvalue weighted by molar-refractivity contribution is -0.132. The van der Waals surface area contributed by atoms with Crippen molar-refractivity contribution in [3.63, 3.8) is 0 Å². The van der Waals surface area contributed by atoms with Crippen LogP contribution < -0.4 is 5.32 Å². The first-order chi connectivity index (χ1) is 13.5. The highest BCUT2D eigenvalue weighted by Crippen LogP contribution is 2.22. The molecule has 1 aliphatic heterocycles. The summed E-state index contributed by atoms with van der Waals surface area (Å²) in [5, 5.41) is 7.43. The quantitative estimate of drug-likeness (QED) is 0.788. The molecule has 2 heterocycles. The van der Waals surface area contributed by atoms with E-state index in [1.165, 1.54) is 0 Å². The van der Waals surface area contributed by atoms with Crippen molar-refractivity contribution in [2.45, 2.75) is 33.4 Å². The second-order valence-electron chi connectivity index (χ2n) is 7.09. The van der Waals surface area contributed by atoms with E-state index >= 15 is 0 Å². The van der Waals surface area contributed by atoms with Crippen LogP contribution in [0.4, 0.5) is 0 Å². The molecule has 1 aromatic heterocycles. The number of hydrogen-bond donors (Lipinski definition) is 1. The van der Waals surface area contributed by atoms with E-state index in [9.17, 15) is 9.59 Å². The van der Waals surface area contributed by atoms with Crippen LogP contribution in [0.2, 0.25) is 0 Å². The van der Waals surface area contributed by atoms with Crippen molar-refractivity contribution in [3.05, 3.63) is 52.8 Å².